The summed E-state index contributed by atoms with van der Waals surface area (Å²) in [5, 5.41) is 17.4. The van der Waals surface area contributed by atoms with Crippen molar-refractivity contribution < 1.29 is 42.6 Å². The Morgan fingerprint density at radius 2 is 1.96 bits per heavy atom. The molecule has 0 spiro atoms. The summed E-state index contributed by atoms with van der Waals surface area (Å²) < 4.78 is 0. The SMILES string of the molecule is CCCCCC(O)c1ccc(N2C(=O)CCN2CCCc2cc[c-]s2)cc1.[Y]. The number of amides is 1. The minimum Gasteiger partial charge on any atom is -0.388 e. The van der Waals surface area contributed by atoms with Crippen LogP contribution in [0.5, 0.6) is 0 Å². The number of hydrogen-bond donors (Lipinski definition) is 1. The van der Waals surface area contributed by atoms with Crippen molar-refractivity contribution in [2.45, 2.75) is 58.0 Å². The van der Waals surface area contributed by atoms with Crippen LogP contribution in [0.1, 0.15) is 62.0 Å². The molecule has 1 saturated heterocycles. The van der Waals surface area contributed by atoms with E-state index in [9.17, 15) is 9.90 Å². The molecule has 1 fully saturated rings. The van der Waals surface area contributed by atoms with Gasteiger partial charge in [0, 0.05) is 52.2 Å². The third kappa shape index (κ3) is 6.46. The Kier molecular flexibility index (Phi) is 10.3. The van der Waals surface area contributed by atoms with Gasteiger partial charge in [-0.25, -0.2) is 16.1 Å². The van der Waals surface area contributed by atoms with Crippen molar-refractivity contribution in [2.75, 3.05) is 18.1 Å². The summed E-state index contributed by atoms with van der Waals surface area (Å²) >= 11 is 1.67. The zero-order valence-electron chi connectivity index (χ0n) is 16.6. The van der Waals surface area contributed by atoms with Crippen LogP contribution in [0.4, 0.5) is 5.69 Å². The van der Waals surface area contributed by atoms with Gasteiger partial charge >= 0.3 is 0 Å². The summed E-state index contributed by atoms with van der Waals surface area (Å²) in [5.41, 5.74) is 1.83. The predicted molar refractivity (Wildman–Crippen MR) is 111 cm³/mol. The van der Waals surface area contributed by atoms with Crippen molar-refractivity contribution >= 4 is 22.9 Å². The number of hydrogen-bond acceptors (Lipinski definition) is 4. The van der Waals surface area contributed by atoms with Gasteiger partial charge in [0.25, 0.3) is 0 Å². The minimum absolute atomic E-state index is 0. The molecule has 1 amide bonds. The van der Waals surface area contributed by atoms with E-state index in [1.807, 2.05) is 35.3 Å². The van der Waals surface area contributed by atoms with Crippen molar-refractivity contribution in [3.63, 3.8) is 0 Å². The number of thiophene rings is 1. The molecule has 28 heavy (non-hydrogen) atoms. The van der Waals surface area contributed by atoms with Crippen LogP contribution in [-0.4, -0.2) is 29.1 Å². The molecule has 6 heteroatoms. The standard InChI is InChI=1S/C22H29N2O2S.Y/c1-2-3-4-9-21(25)18-10-12-19(13-11-18)24-22(26)14-16-23(24)15-5-7-20-8-6-17-27-20;/h6,8,10-13,21,25H,2-5,7,9,14-16H2,1H3;/q-1;. The van der Waals surface area contributed by atoms with Crippen molar-refractivity contribution in [3.05, 3.63) is 52.2 Å². The van der Waals surface area contributed by atoms with E-state index in [0.29, 0.717) is 6.42 Å². The molecule has 1 unspecified atom stereocenters. The summed E-state index contributed by atoms with van der Waals surface area (Å²) in [6, 6.07) is 11.9. The number of aryl methyl sites for hydroxylation is 1. The number of carbonyl (C=O) groups is 1. The molecule has 3 rings (SSSR count). The van der Waals surface area contributed by atoms with Crippen molar-refractivity contribution in [1.82, 2.24) is 5.01 Å². The Balaban J connectivity index is 0.00000280. The van der Waals surface area contributed by atoms with E-state index in [1.165, 1.54) is 4.88 Å². The van der Waals surface area contributed by atoms with Gasteiger partial charge in [-0.3, -0.25) is 4.79 Å². The van der Waals surface area contributed by atoms with Crippen molar-refractivity contribution in [2.24, 2.45) is 0 Å². The van der Waals surface area contributed by atoms with Crippen LogP contribution >= 0.6 is 11.3 Å². The van der Waals surface area contributed by atoms with Gasteiger partial charge in [0.15, 0.2) is 0 Å². The first-order valence-electron chi connectivity index (χ1n) is 9.99. The zero-order chi connectivity index (χ0) is 19.1. The van der Waals surface area contributed by atoms with Crippen LogP contribution in [0.15, 0.2) is 36.4 Å². The minimum atomic E-state index is -0.418. The average molecular weight is 474 g/mol. The first kappa shape index (κ1) is 23.7. The van der Waals surface area contributed by atoms with Gasteiger partial charge in [-0.15, -0.1) is 10.3 Å². The Morgan fingerprint density at radius 3 is 2.64 bits per heavy atom. The number of hydrazine groups is 1. The van der Waals surface area contributed by atoms with Crippen LogP contribution in [0.3, 0.4) is 0 Å². The Morgan fingerprint density at radius 1 is 1.18 bits per heavy atom. The Labute approximate surface area is 197 Å². The number of unbranched alkanes of at least 4 members (excludes halogenated alkanes) is 2. The number of carbonyl (C=O) groups excluding carboxylic acids is 1. The van der Waals surface area contributed by atoms with Gasteiger partial charge in [0.05, 0.1) is 11.8 Å². The van der Waals surface area contributed by atoms with Crippen molar-refractivity contribution in [3.8, 4) is 0 Å². The molecule has 2 aromatic rings. The summed E-state index contributed by atoms with van der Waals surface area (Å²) in [5.74, 6) is 0.149. The first-order valence-corrected chi connectivity index (χ1v) is 10.8. The molecule has 1 aliphatic heterocycles. The van der Waals surface area contributed by atoms with Crippen LogP contribution in [-0.2, 0) is 43.9 Å². The fourth-order valence-electron chi connectivity index (χ4n) is 3.54. The fourth-order valence-corrected chi connectivity index (χ4v) is 4.21. The topological polar surface area (TPSA) is 43.8 Å². The van der Waals surface area contributed by atoms with E-state index in [1.54, 1.807) is 11.3 Å². The number of benzene rings is 1. The second-order valence-electron chi connectivity index (χ2n) is 7.14. The van der Waals surface area contributed by atoms with E-state index in [2.05, 4.69) is 23.4 Å². The normalized spacial score (nSPS) is 15.6. The quantitative estimate of drug-likeness (QED) is 0.400. The average Bonchev–Trinajstić information content (AvgIpc) is 3.32. The molecule has 149 valence electrons. The Hall–Kier alpha value is -0.586. The summed E-state index contributed by atoms with van der Waals surface area (Å²) in [4.78, 5) is 13.7. The van der Waals surface area contributed by atoms with Crippen LogP contribution in [0, 0.1) is 5.38 Å². The van der Waals surface area contributed by atoms with Gasteiger partial charge in [0.1, 0.15) is 0 Å². The van der Waals surface area contributed by atoms with Gasteiger partial charge in [-0.1, -0.05) is 44.7 Å². The molecule has 1 atom stereocenters. The second-order valence-corrected chi connectivity index (χ2v) is 8.10. The van der Waals surface area contributed by atoms with Gasteiger partial charge in [0.2, 0.25) is 5.91 Å². The smallest absolute Gasteiger partial charge is 0.242 e. The molecule has 1 radical (unpaired) electrons. The number of anilines is 1. The monoisotopic (exact) mass is 474 g/mol. The zero-order valence-corrected chi connectivity index (χ0v) is 20.3. The van der Waals surface area contributed by atoms with Gasteiger partial charge in [-0.05, 0) is 30.5 Å². The number of aliphatic hydroxyl groups is 1. The molecule has 0 bridgehead atoms. The number of rotatable bonds is 10. The van der Waals surface area contributed by atoms with E-state index in [-0.39, 0.29) is 38.6 Å². The van der Waals surface area contributed by atoms with E-state index < -0.39 is 6.10 Å². The maximum absolute atomic E-state index is 12.4. The van der Waals surface area contributed by atoms with E-state index >= 15 is 0 Å². The maximum atomic E-state index is 12.4. The third-order valence-corrected chi connectivity index (χ3v) is 5.93. The predicted octanol–water partition coefficient (Wildman–Crippen LogP) is 4.75. The third-order valence-electron chi connectivity index (χ3n) is 5.07. The summed E-state index contributed by atoms with van der Waals surface area (Å²) in [7, 11) is 0. The molecule has 2 heterocycles. The molecule has 1 aliphatic rings. The molecule has 1 N–H and O–H groups in total. The van der Waals surface area contributed by atoms with Gasteiger partial charge in [-0.2, -0.15) is 6.07 Å². The molecular weight excluding hydrogens is 445 g/mol. The largest absolute Gasteiger partial charge is 0.388 e. The van der Waals surface area contributed by atoms with E-state index in [4.69, 9.17) is 0 Å². The number of aliphatic hydroxyl groups excluding tert-OH is 1. The van der Waals surface area contributed by atoms with Crippen LogP contribution in [0.25, 0.3) is 0 Å². The molecule has 1 aromatic heterocycles. The molecule has 0 aliphatic carbocycles. The van der Waals surface area contributed by atoms with Gasteiger partial charge < -0.3 is 16.4 Å². The molecule has 1 aromatic carbocycles. The molecular formula is C22H29N2O2SY-. The number of nitrogens with zero attached hydrogens (tertiary/aromatic N) is 2. The van der Waals surface area contributed by atoms with Crippen LogP contribution < -0.4 is 5.01 Å². The van der Waals surface area contributed by atoms with E-state index in [0.717, 1.165) is 62.9 Å². The summed E-state index contributed by atoms with van der Waals surface area (Å²) in [6.07, 6.45) is 6.33. The molecule has 4 nitrogen and oxygen atoms in total. The van der Waals surface area contributed by atoms with Crippen molar-refractivity contribution in [1.29, 1.82) is 0 Å². The fraction of sp³-hybridized carbons (Fsp3) is 0.500. The molecule has 0 saturated carbocycles. The van der Waals surface area contributed by atoms with Crippen LogP contribution in [0.2, 0.25) is 0 Å². The Bertz CT molecular complexity index is 706. The maximum Gasteiger partial charge on any atom is 0.242 e. The first-order chi connectivity index (χ1) is 13.2. The summed E-state index contributed by atoms with van der Waals surface area (Å²) in [6.45, 7) is 3.81. The second kappa shape index (κ2) is 12.2.